The van der Waals surface area contributed by atoms with Crippen molar-refractivity contribution >= 4 is 15.7 Å². The van der Waals surface area contributed by atoms with Crippen LogP contribution in [0.2, 0.25) is 0 Å². The molecule has 0 atom stereocenters. The molecule has 18 heavy (non-hydrogen) atoms. The van der Waals surface area contributed by atoms with E-state index in [9.17, 15) is 8.42 Å². The van der Waals surface area contributed by atoms with Crippen molar-refractivity contribution in [3.8, 4) is 6.07 Å². The standard InChI is InChI=1S/C12H14N2O3S/c13-9-10-3-1-2-4-12(10)14-18(15,16)11-5-7-17-8-6-11/h1-4,11,14H,5-8H2. The molecule has 0 radical (unpaired) electrons. The van der Waals surface area contributed by atoms with Gasteiger partial charge in [-0.2, -0.15) is 5.26 Å². The molecule has 1 heterocycles. The lowest BCUT2D eigenvalue weighted by Crippen LogP contribution is -2.33. The van der Waals surface area contributed by atoms with Gasteiger partial charge in [-0.15, -0.1) is 0 Å². The molecule has 1 aliphatic rings. The summed E-state index contributed by atoms with van der Waals surface area (Å²) in [5.41, 5.74) is 0.666. The van der Waals surface area contributed by atoms with Gasteiger partial charge in [0.25, 0.3) is 0 Å². The smallest absolute Gasteiger partial charge is 0.235 e. The number of hydrogen-bond donors (Lipinski definition) is 1. The van der Waals surface area contributed by atoms with Crippen molar-refractivity contribution in [2.45, 2.75) is 18.1 Å². The molecule has 1 aromatic carbocycles. The van der Waals surface area contributed by atoms with Crippen LogP contribution in [-0.2, 0) is 14.8 Å². The minimum Gasteiger partial charge on any atom is -0.381 e. The first kappa shape index (κ1) is 12.9. The number of sulfonamides is 1. The van der Waals surface area contributed by atoms with E-state index >= 15 is 0 Å². The Morgan fingerprint density at radius 2 is 1.94 bits per heavy atom. The third kappa shape index (κ3) is 2.81. The van der Waals surface area contributed by atoms with Gasteiger partial charge in [0.05, 0.1) is 16.5 Å². The van der Waals surface area contributed by atoms with Gasteiger partial charge >= 0.3 is 0 Å². The molecule has 0 unspecified atom stereocenters. The maximum Gasteiger partial charge on any atom is 0.235 e. The first-order valence-electron chi connectivity index (χ1n) is 5.72. The molecule has 1 N–H and O–H groups in total. The predicted molar refractivity (Wildman–Crippen MR) is 67.5 cm³/mol. The summed E-state index contributed by atoms with van der Waals surface area (Å²) in [5.74, 6) is 0. The van der Waals surface area contributed by atoms with Crippen molar-refractivity contribution in [1.29, 1.82) is 5.26 Å². The van der Waals surface area contributed by atoms with Gasteiger partial charge in [-0.25, -0.2) is 8.42 Å². The number of nitrogens with zero attached hydrogens (tertiary/aromatic N) is 1. The molecular formula is C12H14N2O3S. The quantitative estimate of drug-likeness (QED) is 0.898. The number of nitrogens with one attached hydrogen (secondary N) is 1. The highest BCUT2D eigenvalue weighted by atomic mass is 32.2. The Hall–Kier alpha value is -1.58. The summed E-state index contributed by atoms with van der Waals surface area (Å²) in [5, 5.41) is 8.47. The largest absolute Gasteiger partial charge is 0.381 e. The molecule has 96 valence electrons. The number of anilines is 1. The molecule has 1 aromatic rings. The lowest BCUT2D eigenvalue weighted by Gasteiger charge is -2.22. The van der Waals surface area contributed by atoms with Crippen molar-refractivity contribution < 1.29 is 13.2 Å². The van der Waals surface area contributed by atoms with E-state index in [1.807, 2.05) is 6.07 Å². The van der Waals surface area contributed by atoms with Gasteiger partial charge in [-0.3, -0.25) is 4.72 Å². The zero-order valence-electron chi connectivity index (χ0n) is 9.80. The van der Waals surface area contributed by atoms with Crippen LogP contribution < -0.4 is 4.72 Å². The molecule has 0 aliphatic carbocycles. The second-order valence-corrected chi connectivity index (χ2v) is 6.08. The molecule has 0 saturated carbocycles. The maximum atomic E-state index is 12.1. The van der Waals surface area contributed by atoms with Crippen LogP contribution in [0.25, 0.3) is 0 Å². The molecule has 0 bridgehead atoms. The molecule has 0 spiro atoms. The predicted octanol–water partition coefficient (Wildman–Crippen LogP) is 1.48. The summed E-state index contributed by atoms with van der Waals surface area (Å²) in [4.78, 5) is 0. The molecule has 2 rings (SSSR count). The van der Waals surface area contributed by atoms with Crippen LogP contribution in [0.1, 0.15) is 18.4 Å². The first-order chi connectivity index (χ1) is 8.63. The average Bonchev–Trinajstić information content (AvgIpc) is 2.40. The average molecular weight is 266 g/mol. The van der Waals surface area contributed by atoms with E-state index in [0.717, 1.165) is 0 Å². The molecule has 6 heteroatoms. The topological polar surface area (TPSA) is 79.2 Å². The molecule has 1 saturated heterocycles. The van der Waals surface area contributed by atoms with E-state index in [1.54, 1.807) is 24.3 Å². The summed E-state index contributed by atoms with van der Waals surface area (Å²) in [6.45, 7) is 0.928. The van der Waals surface area contributed by atoms with Crippen molar-refractivity contribution in [3.05, 3.63) is 29.8 Å². The Labute approximate surface area is 106 Å². The van der Waals surface area contributed by atoms with Crippen LogP contribution in [0.15, 0.2) is 24.3 Å². The van der Waals surface area contributed by atoms with Crippen molar-refractivity contribution in [1.82, 2.24) is 0 Å². The summed E-state index contributed by atoms with van der Waals surface area (Å²) < 4.78 is 31.9. The lowest BCUT2D eigenvalue weighted by molar-refractivity contribution is 0.0984. The Bertz CT molecular complexity index is 557. The zero-order valence-corrected chi connectivity index (χ0v) is 10.6. The number of hydrogen-bond acceptors (Lipinski definition) is 4. The highest BCUT2D eigenvalue weighted by Crippen LogP contribution is 2.21. The van der Waals surface area contributed by atoms with Gasteiger partial charge in [0.1, 0.15) is 6.07 Å². The van der Waals surface area contributed by atoms with Gasteiger partial charge in [0.2, 0.25) is 10.0 Å². The SMILES string of the molecule is N#Cc1ccccc1NS(=O)(=O)C1CCOCC1. The fraction of sp³-hybridized carbons (Fsp3) is 0.417. The number of ether oxygens (including phenoxy) is 1. The molecule has 1 fully saturated rings. The Balaban J connectivity index is 2.19. The lowest BCUT2D eigenvalue weighted by atomic mass is 10.2. The number of para-hydroxylation sites is 1. The van der Waals surface area contributed by atoms with Crippen LogP contribution in [0.3, 0.4) is 0 Å². The van der Waals surface area contributed by atoms with Crippen LogP contribution in [-0.4, -0.2) is 26.9 Å². The summed E-state index contributed by atoms with van der Waals surface area (Å²) in [6.07, 6.45) is 0.980. The first-order valence-corrected chi connectivity index (χ1v) is 7.26. The number of benzene rings is 1. The van der Waals surface area contributed by atoms with E-state index in [2.05, 4.69) is 4.72 Å². The van der Waals surface area contributed by atoms with Crippen molar-refractivity contribution in [3.63, 3.8) is 0 Å². The van der Waals surface area contributed by atoms with E-state index in [4.69, 9.17) is 10.00 Å². The Morgan fingerprint density at radius 1 is 1.28 bits per heavy atom. The fourth-order valence-electron chi connectivity index (χ4n) is 1.89. The van der Waals surface area contributed by atoms with Crippen molar-refractivity contribution in [2.75, 3.05) is 17.9 Å². The fourth-order valence-corrected chi connectivity index (χ4v) is 3.36. The van der Waals surface area contributed by atoms with Gasteiger partial charge in [-0.05, 0) is 25.0 Å². The van der Waals surface area contributed by atoms with Gasteiger partial charge in [-0.1, -0.05) is 12.1 Å². The monoisotopic (exact) mass is 266 g/mol. The molecule has 5 nitrogen and oxygen atoms in total. The van der Waals surface area contributed by atoms with E-state index in [-0.39, 0.29) is 0 Å². The van der Waals surface area contributed by atoms with E-state index in [1.165, 1.54) is 0 Å². The minimum atomic E-state index is -3.45. The minimum absolute atomic E-state index is 0.327. The second kappa shape index (κ2) is 5.38. The maximum absolute atomic E-state index is 12.1. The molecular weight excluding hydrogens is 252 g/mol. The Kier molecular flexibility index (Phi) is 3.84. The number of rotatable bonds is 3. The van der Waals surface area contributed by atoms with Crippen LogP contribution >= 0.6 is 0 Å². The van der Waals surface area contributed by atoms with Gasteiger partial charge < -0.3 is 4.74 Å². The molecule has 1 aliphatic heterocycles. The number of nitriles is 1. The molecule has 0 amide bonds. The zero-order chi connectivity index (χ0) is 13.0. The van der Waals surface area contributed by atoms with Crippen LogP contribution in [0, 0.1) is 11.3 Å². The highest BCUT2D eigenvalue weighted by molar-refractivity contribution is 7.93. The third-order valence-electron chi connectivity index (χ3n) is 2.91. The molecule has 0 aromatic heterocycles. The van der Waals surface area contributed by atoms with Crippen LogP contribution in [0.4, 0.5) is 5.69 Å². The van der Waals surface area contributed by atoms with Gasteiger partial charge in [0.15, 0.2) is 0 Å². The summed E-state index contributed by atoms with van der Waals surface area (Å²) >= 11 is 0. The normalized spacial score (nSPS) is 17.1. The van der Waals surface area contributed by atoms with Crippen LogP contribution in [0.5, 0.6) is 0 Å². The summed E-state index contributed by atoms with van der Waals surface area (Å²) in [6, 6.07) is 8.54. The highest BCUT2D eigenvalue weighted by Gasteiger charge is 2.28. The second-order valence-electron chi connectivity index (χ2n) is 4.12. The summed E-state index contributed by atoms with van der Waals surface area (Å²) in [7, 11) is -3.45. The van der Waals surface area contributed by atoms with Gasteiger partial charge in [0, 0.05) is 13.2 Å². The van der Waals surface area contributed by atoms with Crippen molar-refractivity contribution in [2.24, 2.45) is 0 Å². The Morgan fingerprint density at radius 3 is 2.61 bits per heavy atom. The van der Waals surface area contributed by atoms with E-state index < -0.39 is 15.3 Å². The van der Waals surface area contributed by atoms with E-state index in [0.29, 0.717) is 37.3 Å². The third-order valence-corrected chi connectivity index (χ3v) is 4.76.